The van der Waals surface area contributed by atoms with E-state index in [1.807, 2.05) is 11.8 Å². The third-order valence-corrected chi connectivity index (χ3v) is 4.52. The molecule has 0 aromatic heterocycles. The molecule has 1 heterocycles. The van der Waals surface area contributed by atoms with Crippen LogP contribution in [-0.4, -0.2) is 17.3 Å². The maximum absolute atomic E-state index is 13.0. The van der Waals surface area contributed by atoms with Gasteiger partial charge in [0.25, 0.3) is 0 Å². The highest BCUT2D eigenvalue weighted by Crippen LogP contribution is 2.26. The number of carbonyl (C=O) groups excluding carboxylic acids is 1. The lowest BCUT2D eigenvalue weighted by Gasteiger charge is -2.07. The Morgan fingerprint density at radius 2 is 2.38 bits per heavy atom. The van der Waals surface area contributed by atoms with Crippen molar-refractivity contribution < 1.29 is 9.18 Å². The molecule has 0 radical (unpaired) electrons. The third kappa shape index (κ3) is 2.86. The zero-order valence-corrected chi connectivity index (χ0v) is 11.1. The number of hydrogen-bond donors (Lipinski definition) is 0. The Bertz CT molecular complexity index is 402. The van der Waals surface area contributed by atoms with Crippen LogP contribution in [0, 0.1) is 11.7 Å². The molecule has 1 fully saturated rings. The fraction of sp³-hybridized carbons (Fsp3) is 0.417. The quantitative estimate of drug-likeness (QED) is 0.851. The third-order valence-electron chi connectivity index (χ3n) is 2.75. The monoisotopic (exact) mass is 302 g/mol. The summed E-state index contributed by atoms with van der Waals surface area (Å²) in [5, 5.41) is 0. The van der Waals surface area contributed by atoms with E-state index < -0.39 is 0 Å². The summed E-state index contributed by atoms with van der Waals surface area (Å²) in [5.74, 6) is 2.23. The number of benzene rings is 1. The Labute approximate surface area is 107 Å². The molecule has 1 atom stereocenters. The van der Waals surface area contributed by atoms with Gasteiger partial charge in [0.15, 0.2) is 0 Å². The van der Waals surface area contributed by atoms with Gasteiger partial charge in [0.2, 0.25) is 0 Å². The predicted molar refractivity (Wildman–Crippen MR) is 68.2 cm³/mol. The van der Waals surface area contributed by atoms with Gasteiger partial charge < -0.3 is 0 Å². The van der Waals surface area contributed by atoms with Crippen molar-refractivity contribution in [2.24, 2.45) is 5.92 Å². The maximum atomic E-state index is 13.0. The Morgan fingerprint density at radius 1 is 1.56 bits per heavy atom. The van der Waals surface area contributed by atoms with Gasteiger partial charge in [-0.3, -0.25) is 4.79 Å². The number of thioether (sulfide) groups is 1. The molecule has 0 N–H and O–H groups in total. The summed E-state index contributed by atoms with van der Waals surface area (Å²) in [4.78, 5) is 11.9. The maximum Gasteiger partial charge on any atom is 0.141 e. The molecule has 1 aromatic carbocycles. The van der Waals surface area contributed by atoms with Crippen molar-refractivity contribution in [3.63, 3.8) is 0 Å². The number of carbonyl (C=O) groups is 1. The van der Waals surface area contributed by atoms with Crippen LogP contribution in [-0.2, 0) is 11.2 Å². The van der Waals surface area contributed by atoms with Gasteiger partial charge in [-0.2, -0.15) is 11.8 Å². The average molecular weight is 303 g/mol. The van der Waals surface area contributed by atoms with E-state index >= 15 is 0 Å². The summed E-state index contributed by atoms with van der Waals surface area (Å²) in [5.41, 5.74) is 0.884. The van der Waals surface area contributed by atoms with Gasteiger partial charge in [-0.05, 0) is 45.8 Å². The normalized spacial score (nSPS) is 20.0. The van der Waals surface area contributed by atoms with Gasteiger partial charge in [-0.15, -0.1) is 0 Å². The molecule has 0 amide bonds. The summed E-state index contributed by atoms with van der Waals surface area (Å²) >= 11 is 4.97. The van der Waals surface area contributed by atoms with Gasteiger partial charge in [-0.1, -0.05) is 6.07 Å². The lowest BCUT2D eigenvalue weighted by Crippen LogP contribution is -2.16. The largest absolute Gasteiger partial charge is 0.299 e. The predicted octanol–water partition coefficient (Wildman–Crippen LogP) is 3.45. The van der Waals surface area contributed by atoms with Crippen LogP contribution in [0.4, 0.5) is 4.39 Å². The first-order chi connectivity index (χ1) is 7.66. The zero-order chi connectivity index (χ0) is 11.5. The fourth-order valence-corrected chi connectivity index (χ4v) is 3.46. The standard InChI is InChI=1S/C12H12BrFOS/c13-10-5-8(1-2-11(10)14)6-12(15)9-3-4-16-7-9/h1-2,5,9H,3-4,6-7H2. The van der Waals surface area contributed by atoms with E-state index in [-0.39, 0.29) is 17.5 Å². The molecule has 1 nitrogen and oxygen atoms in total. The highest BCUT2D eigenvalue weighted by atomic mass is 79.9. The highest BCUT2D eigenvalue weighted by molar-refractivity contribution is 9.10. The molecule has 4 heteroatoms. The lowest BCUT2D eigenvalue weighted by molar-refractivity contribution is -0.121. The molecule has 1 saturated heterocycles. The molecule has 1 aliphatic rings. The van der Waals surface area contributed by atoms with E-state index in [1.54, 1.807) is 12.1 Å². The summed E-state index contributed by atoms with van der Waals surface area (Å²) in [6, 6.07) is 4.77. The molecule has 0 spiro atoms. The van der Waals surface area contributed by atoms with E-state index in [0.29, 0.717) is 10.9 Å². The van der Waals surface area contributed by atoms with Crippen LogP contribution in [0.1, 0.15) is 12.0 Å². The van der Waals surface area contributed by atoms with Crippen molar-refractivity contribution in [1.29, 1.82) is 0 Å². The Morgan fingerprint density at radius 3 is 3.00 bits per heavy atom. The topological polar surface area (TPSA) is 17.1 Å². The van der Waals surface area contributed by atoms with E-state index in [9.17, 15) is 9.18 Å². The van der Waals surface area contributed by atoms with Crippen LogP contribution < -0.4 is 0 Å². The molecular formula is C12H12BrFOS. The van der Waals surface area contributed by atoms with Crippen molar-refractivity contribution >= 4 is 33.5 Å². The number of rotatable bonds is 3. The number of Topliss-reactive ketones (excluding diaryl/α,β-unsaturated/α-hetero) is 1. The van der Waals surface area contributed by atoms with Gasteiger partial charge in [-0.25, -0.2) is 4.39 Å². The van der Waals surface area contributed by atoms with Crippen LogP contribution in [0.3, 0.4) is 0 Å². The first kappa shape index (κ1) is 12.1. The second-order valence-corrected chi connectivity index (χ2v) is 5.96. The SMILES string of the molecule is O=C(Cc1ccc(F)c(Br)c1)C1CCSC1. The molecule has 2 rings (SSSR count). The molecule has 0 aliphatic carbocycles. The first-order valence-corrected chi connectivity index (χ1v) is 7.16. The summed E-state index contributed by atoms with van der Waals surface area (Å²) in [7, 11) is 0. The Hall–Kier alpha value is -0.350. The summed E-state index contributed by atoms with van der Waals surface area (Å²) < 4.78 is 13.4. The van der Waals surface area contributed by atoms with E-state index in [2.05, 4.69) is 15.9 Å². The van der Waals surface area contributed by atoms with E-state index in [0.717, 1.165) is 23.5 Å². The van der Waals surface area contributed by atoms with Crippen LogP contribution in [0.15, 0.2) is 22.7 Å². The second kappa shape index (κ2) is 5.32. The molecule has 1 unspecified atom stereocenters. The number of halogens is 2. The van der Waals surface area contributed by atoms with Gasteiger partial charge >= 0.3 is 0 Å². The Balaban J connectivity index is 2.02. The number of hydrogen-bond acceptors (Lipinski definition) is 2. The van der Waals surface area contributed by atoms with Crippen LogP contribution in [0.5, 0.6) is 0 Å². The molecule has 16 heavy (non-hydrogen) atoms. The molecule has 1 aromatic rings. The van der Waals surface area contributed by atoms with Crippen LogP contribution >= 0.6 is 27.7 Å². The average Bonchev–Trinajstić information content (AvgIpc) is 2.77. The van der Waals surface area contributed by atoms with Crippen LogP contribution in [0.2, 0.25) is 0 Å². The van der Waals surface area contributed by atoms with E-state index in [4.69, 9.17) is 0 Å². The lowest BCUT2D eigenvalue weighted by atomic mass is 9.97. The first-order valence-electron chi connectivity index (χ1n) is 5.21. The minimum absolute atomic E-state index is 0.203. The zero-order valence-electron chi connectivity index (χ0n) is 8.71. The fourth-order valence-electron chi connectivity index (χ4n) is 1.78. The second-order valence-electron chi connectivity index (χ2n) is 3.95. The van der Waals surface area contributed by atoms with Crippen molar-refractivity contribution in [1.82, 2.24) is 0 Å². The summed E-state index contributed by atoms with van der Waals surface area (Å²) in [6.45, 7) is 0. The van der Waals surface area contributed by atoms with Crippen molar-refractivity contribution in [3.8, 4) is 0 Å². The molecule has 86 valence electrons. The van der Waals surface area contributed by atoms with Crippen LogP contribution in [0.25, 0.3) is 0 Å². The summed E-state index contributed by atoms with van der Waals surface area (Å²) in [6.07, 6.45) is 1.41. The minimum Gasteiger partial charge on any atom is -0.299 e. The van der Waals surface area contributed by atoms with Gasteiger partial charge in [0, 0.05) is 18.1 Å². The van der Waals surface area contributed by atoms with Crippen molar-refractivity contribution in [2.45, 2.75) is 12.8 Å². The molecule has 0 saturated carbocycles. The van der Waals surface area contributed by atoms with Crippen molar-refractivity contribution in [2.75, 3.05) is 11.5 Å². The highest BCUT2D eigenvalue weighted by Gasteiger charge is 2.23. The smallest absolute Gasteiger partial charge is 0.141 e. The molecule has 1 aliphatic heterocycles. The Kier molecular flexibility index (Phi) is 4.03. The number of ketones is 1. The van der Waals surface area contributed by atoms with Gasteiger partial charge in [0.1, 0.15) is 11.6 Å². The van der Waals surface area contributed by atoms with Crippen molar-refractivity contribution in [3.05, 3.63) is 34.1 Å². The molecular weight excluding hydrogens is 291 g/mol. The minimum atomic E-state index is -0.285. The van der Waals surface area contributed by atoms with Gasteiger partial charge in [0.05, 0.1) is 4.47 Å². The molecule has 0 bridgehead atoms. The van der Waals surface area contributed by atoms with E-state index in [1.165, 1.54) is 6.07 Å².